The second-order valence-electron chi connectivity index (χ2n) is 3.04. The maximum Gasteiger partial charge on any atom is 0.518 e. The molecule has 1 fully saturated rings. The van der Waals surface area contributed by atoms with Gasteiger partial charge in [-0.05, 0) is 6.42 Å². The summed E-state index contributed by atoms with van der Waals surface area (Å²) in [5, 5.41) is 0. The number of carbonyl (C=O) groups excluding carboxylic acids is 2. The number of carbonyl (C=O) groups is 2. The van der Waals surface area contributed by atoms with Crippen LogP contribution in [-0.2, 0) is 18.9 Å². The van der Waals surface area contributed by atoms with E-state index in [1.54, 1.807) is 0 Å². The summed E-state index contributed by atoms with van der Waals surface area (Å²) in [6.07, 6.45) is -0.576. The van der Waals surface area contributed by atoms with Crippen molar-refractivity contribution in [3.63, 3.8) is 0 Å². The van der Waals surface area contributed by atoms with Crippen LogP contribution in [0.15, 0.2) is 0 Å². The van der Waals surface area contributed by atoms with Crippen molar-refractivity contribution in [3.8, 4) is 0 Å². The highest BCUT2D eigenvalue weighted by molar-refractivity contribution is 5.76. The van der Waals surface area contributed by atoms with Gasteiger partial charge in [-0.2, -0.15) is 0 Å². The Labute approximate surface area is 87.4 Å². The number of rotatable bonds is 2. The van der Waals surface area contributed by atoms with Gasteiger partial charge < -0.3 is 18.9 Å². The van der Waals surface area contributed by atoms with Crippen LogP contribution in [0.2, 0.25) is 0 Å². The zero-order valence-corrected chi connectivity index (χ0v) is 8.56. The van der Waals surface area contributed by atoms with E-state index in [4.69, 9.17) is 4.74 Å². The minimum Gasteiger partial charge on any atom is -0.431 e. The van der Waals surface area contributed by atoms with Crippen molar-refractivity contribution in [2.75, 3.05) is 19.8 Å². The Balaban J connectivity index is 2.42. The fourth-order valence-electron chi connectivity index (χ4n) is 1.16. The van der Waals surface area contributed by atoms with Crippen LogP contribution in [0.1, 0.15) is 19.8 Å². The van der Waals surface area contributed by atoms with Gasteiger partial charge in [0.05, 0.1) is 12.7 Å². The summed E-state index contributed by atoms with van der Waals surface area (Å²) in [6, 6.07) is 0. The molecule has 15 heavy (non-hydrogen) atoms. The van der Waals surface area contributed by atoms with Gasteiger partial charge in [0, 0.05) is 0 Å². The maximum absolute atomic E-state index is 10.9. The zero-order chi connectivity index (χ0) is 11.1. The Morgan fingerprint density at radius 1 is 1.20 bits per heavy atom. The highest BCUT2D eigenvalue weighted by Crippen LogP contribution is 2.05. The van der Waals surface area contributed by atoms with Crippen molar-refractivity contribution in [2.24, 2.45) is 0 Å². The molecule has 0 radical (unpaired) electrons. The van der Waals surface area contributed by atoms with Crippen molar-refractivity contribution in [3.05, 3.63) is 0 Å². The van der Waals surface area contributed by atoms with E-state index in [1.807, 2.05) is 6.92 Å². The molecule has 1 rings (SSSR count). The molecule has 6 heteroatoms. The Morgan fingerprint density at radius 2 is 1.93 bits per heavy atom. The quantitative estimate of drug-likeness (QED) is 0.516. The predicted molar refractivity (Wildman–Crippen MR) is 48.4 cm³/mol. The minimum atomic E-state index is -1.06. The van der Waals surface area contributed by atoms with Gasteiger partial charge in [-0.3, -0.25) is 0 Å². The van der Waals surface area contributed by atoms with Crippen LogP contribution < -0.4 is 0 Å². The molecule has 0 N–H and O–H groups in total. The monoisotopic (exact) mass is 218 g/mol. The molecule has 0 spiro atoms. The summed E-state index contributed by atoms with van der Waals surface area (Å²) in [5.74, 6) is 0. The van der Waals surface area contributed by atoms with E-state index in [0.29, 0.717) is 0 Å². The molecule has 0 saturated carbocycles. The van der Waals surface area contributed by atoms with Gasteiger partial charge in [-0.25, -0.2) is 9.59 Å². The van der Waals surface area contributed by atoms with Crippen LogP contribution in [0.25, 0.3) is 0 Å². The molecular formula is C9H14O6. The molecule has 0 aliphatic carbocycles. The van der Waals surface area contributed by atoms with E-state index in [1.165, 1.54) is 0 Å². The van der Waals surface area contributed by atoms with Gasteiger partial charge in [0.15, 0.2) is 0 Å². The Bertz CT molecular complexity index is 227. The first kappa shape index (κ1) is 11.8. The molecule has 1 aliphatic rings. The minimum absolute atomic E-state index is 0.0757. The van der Waals surface area contributed by atoms with E-state index in [2.05, 4.69) is 14.2 Å². The summed E-state index contributed by atoms with van der Waals surface area (Å²) in [7, 11) is 0. The lowest BCUT2D eigenvalue weighted by Crippen LogP contribution is -2.28. The average Bonchev–Trinajstić information content (AvgIpc) is 2.20. The van der Waals surface area contributed by atoms with Crippen LogP contribution in [-0.4, -0.2) is 38.2 Å². The fraction of sp³-hybridized carbons (Fsp3) is 0.778. The first-order valence-electron chi connectivity index (χ1n) is 4.85. The van der Waals surface area contributed by atoms with Crippen LogP contribution in [0, 0.1) is 0 Å². The van der Waals surface area contributed by atoms with Crippen molar-refractivity contribution >= 4 is 12.3 Å². The molecule has 1 atom stereocenters. The molecule has 0 aromatic rings. The predicted octanol–water partition coefficient (Wildman–Crippen LogP) is 1.48. The summed E-state index contributed by atoms with van der Waals surface area (Å²) in [5.41, 5.74) is 0. The second-order valence-corrected chi connectivity index (χ2v) is 3.04. The standard InChI is InChI=1S/C9H14O6/c1-2-3-7-6-14-9(11)15-8(10)13-5-4-12-7/h7H,2-6H2,1H3. The fourth-order valence-corrected chi connectivity index (χ4v) is 1.16. The summed E-state index contributed by atoms with van der Waals surface area (Å²) < 4.78 is 18.7. The largest absolute Gasteiger partial charge is 0.518 e. The Kier molecular flexibility index (Phi) is 4.89. The molecule has 1 unspecified atom stereocenters. The summed E-state index contributed by atoms with van der Waals surface area (Å²) >= 11 is 0. The van der Waals surface area contributed by atoms with Crippen LogP contribution in [0.4, 0.5) is 9.59 Å². The van der Waals surface area contributed by atoms with Crippen molar-refractivity contribution < 1.29 is 28.5 Å². The molecule has 1 heterocycles. The SMILES string of the molecule is CCCC1COC(=O)OC(=O)OCCO1. The van der Waals surface area contributed by atoms with Gasteiger partial charge in [-0.1, -0.05) is 13.3 Å². The number of ether oxygens (including phenoxy) is 4. The van der Waals surface area contributed by atoms with E-state index < -0.39 is 12.3 Å². The third-order valence-electron chi connectivity index (χ3n) is 1.82. The molecule has 0 aromatic carbocycles. The van der Waals surface area contributed by atoms with Crippen LogP contribution in [0.5, 0.6) is 0 Å². The molecule has 6 nitrogen and oxygen atoms in total. The van der Waals surface area contributed by atoms with Crippen molar-refractivity contribution in [2.45, 2.75) is 25.9 Å². The highest BCUT2D eigenvalue weighted by Gasteiger charge is 2.18. The molecule has 86 valence electrons. The molecular weight excluding hydrogens is 204 g/mol. The van der Waals surface area contributed by atoms with Gasteiger partial charge >= 0.3 is 12.3 Å². The van der Waals surface area contributed by atoms with Crippen molar-refractivity contribution in [1.82, 2.24) is 0 Å². The van der Waals surface area contributed by atoms with E-state index in [9.17, 15) is 9.59 Å². The van der Waals surface area contributed by atoms with Gasteiger partial charge in [0.2, 0.25) is 0 Å². The second kappa shape index (κ2) is 6.23. The third kappa shape index (κ3) is 4.64. The lowest BCUT2D eigenvalue weighted by atomic mass is 10.2. The maximum atomic E-state index is 10.9. The first-order chi connectivity index (χ1) is 7.22. The Morgan fingerprint density at radius 3 is 2.67 bits per heavy atom. The third-order valence-corrected chi connectivity index (χ3v) is 1.82. The van der Waals surface area contributed by atoms with Gasteiger partial charge in [-0.15, -0.1) is 0 Å². The van der Waals surface area contributed by atoms with E-state index in [-0.39, 0.29) is 25.9 Å². The van der Waals surface area contributed by atoms with E-state index >= 15 is 0 Å². The van der Waals surface area contributed by atoms with Crippen molar-refractivity contribution in [1.29, 1.82) is 0 Å². The van der Waals surface area contributed by atoms with Crippen LogP contribution in [0.3, 0.4) is 0 Å². The number of cyclic esters (lactones) is 4. The zero-order valence-electron chi connectivity index (χ0n) is 8.56. The molecule has 0 amide bonds. The van der Waals surface area contributed by atoms with Gasteiger partial charge in [0.25, 0.3) is 0 Å². The smallest absolute Gasteiger partial charge is 0.431 e. The number of hydrogen-bond acceptors (Lipinski definition) is 6. The lowest BCUT2D eigenvalue weighted by Gasteiger charge is -2.18. The molecule has 1 saturated heterocycles. The molecule has 0 aromatic heterocycles. The molecule has 0 bridgehead atoms. The van der Waals surface area contributed by atoms with Gasteiger partial charge in [0.1, 0.15) is 13.2 Å². The topological polar surface area (TPSA) is 71.1 Å². The molecule has 1 aliphatic heterocycles. The normalized spacial score (nSPS) is 23.7. The van der Waals surface area contributed by atoms with E-state index in [0.717, 1.165) is 12.8 Å². The van der Waals surface area contributed by atoms with Crippen LogP contribution >= 0.6 is 0 Å². The summed E-state index contributed by atoms with van der Waals surface area (Å²) in [6.45, 7) is 2.45. The average molecular weight is 218 g/mol. The number of hydrogen-bond donors (Lipinski definition) is 0. The highest BCUT2D eigenvalue weighted by atomic mass is 16.8. The summed E-state index contributed by atoms with van der Waals surface area (Å²) in [4.78, 5) is 21.6. The Hall–Kier alpha value is -1.30. The first-order valence-corrected chi connectivity index (χ1v) is 4.85. The lowest BCUT2D eigenvalue weighted by molar-refractivity contribution is -0.0494.